The molecule has 0 bridgehead atoms. The Morgan fingerprint density at radius 3 is 2.73 bits per heavy atom. The van der Waals surface area contributed by atoms with Crippen LogP contribution in [-0.4, -0.2) is 46.1 Å². The summed E-state index contributed by atoms with van der Waals surface area (Å²) in [6, 6.07) is 0. The van der Waals surface area contributed by atoms with Gasteiger partial charge in [-0.3, -0.25) is 0 Å². The number of hydrogen-bond donors (Lipinski definition) is 2. The lowest BCUT2D eigenvalue weighted by molar-refractivity contribution is -0.184. The fraction of sp³-hybridized carbons (Fsp3) is 0.600. The summed E-state index contributed by atoms with van der Waals surface area (Å²) in [7, 11) is 0. The summed E-state index contributed by atoms with van der Waals surface area (Å²) in [5.41, 5.74) is 0.0432. The number of ether oxygens (including phenoxy) is 2. The summed E-state index contributed by atoms with van der Waals surface area (Å²) in [6.07, 6.45) is 1.06. The van der Waals surface area contributed by atoms with E-state index in [0.29, 0.717) is 12.0 Å². The summed E-state index contributed by atoms with van der Waals surface area (Å²) >= 11 is 0. The van der Waals surface area contributed by atoms with Gasteiger partial charge in [0.25, 0.3) is 0 Å². The van der Waals surface area contributed by atoms with Crippen molar-refractivity contribution in [1.82, 2.24) is 0 Å². The second kappa shape index (κ2) is 6.35. The van der Waals surface area contributed by atoms with Gasteiger partial charge < -0.3 is 19.7 Å². The van der Waals surface area contributed by atoms with Crippen LogP contribution in [-0.2, 0) is 19.1 Å². The molecule has 6 nitrogen and oxygen atoms in total. The van der Waals surface area contributed by atoms with Gasteiger partial charge in [0, 0.05) is 23.0 Å². The Morgan fingerprint density at radius 1 is 1.46 bits per heavy atom. The zero-order valence-electron chi connectivity index (χ0n) is 15.6. The summed E-state index contributed by atoms with van der Waals surface area (Å²) in [6.45, 7) is 10.6. The Kier molecular flexibility index (Phi) is 4.61. The molecular weight excluding hydrogens is 336 g/mol. The fourth-order valence-electron chi connectivity index (χ4n) is 4.57. The Balaban J connectivity index is 2.06. The molecular formula is C20H26O6. The minimum atomic E-state index is -1.49. The van der Waals surface area contributed by atoms with Gasteiger partial charge >= 0.3 is 11.9 Å². The number of carbonyl (C=O) groups is 2. The van der Waals surface area contributed by atoms with Crippen molar-refractivity contribution < 1.29 is 29.3 Å². The quantitative estimate of drug-likeness (QED) is 0.441. The first-order valence-corrected chi connectivity index (χ1v) is 8.92. The molecule has 3 rings (SSSR count). The van der Waals surface area contributed by atoms with Gasteiger partial charge in [0.1, 0.15) is 17.8 Å². The van der Waals surface area contributed by atoms with Crippen molar-refractivity contribution in [3.05, 3.63) is 35.5 Å². The van der Waals surface area contributed by atoms with Crippen LogP contribution in [0.3, 0.4) is 0 Å². The highest BCUT2D eigenvalue weighted by Gasteiger charge is 2.62. The van der Waals surface area contributed by atoms with Crippen molar-refractivity contribution >= 4 is 11.9 Å². The molecule has 0 aromatic carbocycles. The fourth-order valence-corrected chi connectivity index (χ4v) is 4.57. The molecule has 1 saturated carbocycles. The number of carbonyl (C=O) groups excluding carboxylic acids is 2. The van der Waals surface area contributed by atoms with E-state index in [-0.39, 0.29) is 17.4 Å². The van der Waals surface area contributed by atoms with Crippen LogP contribution in [0.15, 0.2) is 35.5 Å². The lowest BCUT2D eigenvalue weighted by Gasteiger charge is -2.39. The molecule has 1 aliphatic heterocycles. The van der Waals surface area contributed by atoms with Crippen LogP contribution in [0.4, 0.5) is 0 Å². The van der Waals surface area contributed by atoms with Gasteiger partial charge in [0.05, 0.1) is 5.92 Å². The topological polar surface area (TPSA) is 93.1 Å². The van der Waals surface area contributed by atoms with Gasteiger partial charge in [0.2, 0.25) is 0 Å². The maximum Gasteiger partial charge on any atom is 0.334 e. The number of allylic oxidation sites excluding steroid dienone is 2. The van der Waals surface area contributed by atoms with E-state index in [0.717, 1.165) is 5.57 Å². The van der Waals surface area contributed by atoms with Crippen molar-refractivity contribution in [2.75, 3.05) is 0 Å². The van der Waals surface area contributed by atoms with E-state index in [1.54, 1.807) is 26.8 Å². The first-order valence-electron chi connectivity index (χ1n) is 8.92. The standard InChI is InChI=1S/C20H26O6/c1-6-9(2)18(22)26-17-15(21)14-11(4)19(23)25-16(14)13-10(3)7-8-12(13)20(17,5)24/h6-7,12-17,21,24H,4,8H2,1-3,5H3/b9-6-/t12-,13-,14+,15-,16+,17+,20+/m0/s1. The van der Waals surface area contributed by atoms with Crippen molar-refractivity contribution in [2.24, 2.45) is 17.8 Å². The maximum atomic E-state index is 12.3. The van der Waals surface area contributed by atoms with Crippen LogP contribution in [0, 0.1) is 17.8 Å². The van der Waals surface area contributed by atoms with Gasteiger partial charge in [-0.1, -0.05) is 24.3 Å². The summed E-state index contributed by atoms with van der Waals surface area (Å²) in [4.78, 5) is 24.4. The van der Waals surface area contributed by atoms with Gasteiger partial charge in [-0.2, -0.15) is 0 Å². The van der Waals surface area contributed by atoms with Crippen molar-refractivity contribution in [3.8, 4) is 0 Å². The molecule has 2 N–H and O–H groups in total. The molecule has 0 unspecified atom stereocenters. The van der Waals surface area contributed by atoms with Gasteiger partial charge in [-0.15, -0.1) is 0 Å². The normalized spacial score (nSPS) is 42.5. The Bertz CT molecular complexity index is 716. The molecule has 0 radical (unpaired) electrons. The van der Waals surface area contributed by atoms with Crippen LogP contribution in [0.25, 0.3) is 0 Å². The minimum Gasteiger partial charge on any atom is -0.458 e. The number of esters is 2. The van der Waals surface area contributed by atoms with Crippen molar-refractivity contribution in [2.45, 2.75) is 58.0 Å². The maximum absolute atomic E-state index is 12.3. The predicted molar refractivity (Wildman–Crippen MR) is 93.8 cm³/mol. The summed E-state index contributed by atoms with van der Waals surface area (Å²) in [5, 5.41) is 22.3. The second-order valence-corrected chi connectivity index (χ2v) is 7.75. The molecule has 2 aliphatic carbocycles. The third-order valence-electron chi connectivity index (χ3n) is 6.26. The zero-order chi connectivity index (χ0) is 19.4. The SMILES string of the molecule is C=C1C(=O)O[C@H]2[C@H]1[C@H](O)[C@@H](OC(=O)/C(C)=C\C)[C@](C)(O)[C@H]1CC=C(C)[C@H]21. The number of fused-ring (bicyclic) bond motifs is 3. The lowest BCUT2D eigenvalue weighted by Crippen LogP contribution is -2.54. The summed E-state index contributed by atoms with van der Waals surface area (Å²) < 4.78 is 11.1. The molecule has 2 fully saturated rings. The largest absolute Gasteiger partial charge is 0.458 e. The second-order valence-electron chi connectivity index (χ2n) is 7.75. The number of aliphatic hydroxyl groups is 2. The van der Waals surface area contributed by atoms with E-state index >= 15 is 0 Å². The third kappa shape index (κ3) is 2.63. The Hall–Kier alpha value is -1.92. The third-order valence-corrected chi connectivity index (χ3v) is 6.26. The first-order chi connectivity index (χ1) is 12.1. The Morgan fingerprint density at radius 2 is 2.12 bits per heavy atom. The van der Waals surface area contributed by atoms with E-state index < -0.39 is 41.8 Å². The van der Waals surface area contributed by atoms with Gasteiger partial charge in [0.15, 0.2) is 6.10 Å². The smallest absolute Gasteiger partial charge is 0.334 e. The minimum absolute atomic E-state index is 0.155. The molecule has 0 amide bonds. The van der Waals surface area contributed by atoms with Crippen LogP contribution in [0.1, 0.15) is 34.1 Å². The van der Waals surface area contributed by atoms with Crippen LogP contribution in [0.5, 0.6) is 0 Å². The van der Waals surface area contributed by atoms with E-state index in [1.807, 2.05) is 13.0 Å². The van der Waals surface area contributed by atoms with Crippen molar-refractivity contribution in [1.29, 1.82) is 0 Å². The van der Waals surface area contributed by atoms with Crippen LogP contribution < -0.4 is 0 Å². The van der Waals surface area contributed by atoms with E-state index in [2.05, 4.69) is 6.58 Å². The molecule has 0 aromatic rings. The van der Waals surface area contributed by atoms with Crippen LogP contribution >= 0.6 is 0 Å². The van der Waals surface area contributed by atoms with Gasteiger partial charge in [-0.25, -0.2) is 9.59 Å². The van der Waals surface area contributed by atoms with E-state index in [9.17, 15) is 19.8 Å². The number of aliphatic hydroxyl groups excluding tert-OH is 1. The molecule has 0 spiro atoms. The highest BCUT2D eigenvalue weighted by molar-refractivity contribution is 5.91. The number of rotatable bonds is 2. The number of hydrogen-bond acceptors (Lipinski definition) is 6. The molecule has 0 aromatic heterocycles. The molecule has 26 heavy (non-hydrogen) atoms. The molecule has 6 heteroatoms. The lowest BCUT2D eigenvalue weighted by atomic mass is 9.75. The predicted octanol–water partition coefficient (Wildman–Crippen LogP) is 1.67. The Labute approximate surface area is 153 Å². The average Bonchev–Trinajstić information content (AvgIpc) is 3.09. The molecule has 7 atom stereocenters. The highest BCUT2D eigenvalue weighted by atomic mass is 16.6. The molecule has 1 heterocycles. The van der Waals surface area contributed by atoms with E-state index in [4.69, 9.17) is 9.47 Å². The summed E-state index contributed by atoms with van der Waals surface area (Å²) in [5.74, 6) is -2.47. The monoisotopic (exact) mass is 362 g/mol. The zero-order valence-corrected chi connectivity index (χ0v) is 15.6. The van der Waals surface area contributed by atoms with Gasteiger partial charge in [-0.05, 0) is 34.1 Å². The van der Waals surface area contributed by atoms with Crippen LogP contribution in [0.2, 0.25) is 0 Å². The highest BCUT2D eigenvalue weighted by Crippen LogP contribution is 2.52. The first kappa shape index (κ1) is 18.9. The van der Waals surface area contributed by atoms with E-state index in [1.165, 1.54) is 0 Å². The molecule has 3 aliphatic rings. The average molecular weight is 362 g/mol. The molecule has 142 valence electrons. The van der Waals surface area contributed by atoms with Crippen molar-refractivity contribution in [3.63, 3.8) is 0 Å². The molecule has 1 saturated heterocycles.